The number of aromatic nitrogens is 2. The van der Waals surface area contributed by atoms with E-state index in [9.17, 15) is 0 Å². The van der Waals surface area contributed by atoms with Gasteiger partial charge in [0.05, 0.1) is 19.8 Å². The zero-order chi connectivity index (χ0) is 12.3. The molecule has 2 rings (SSSR count). The standard InChI is InChI=1S/C12H13N3O2/c1-16-11-10(7-14-12(15-11)17-2)8-4-3-5-9(13)6-8/h3-7H,13H2,1-2H3. The largest absolute Gasteiger partial charge is 0.480 e. The molecule has 2 aromatic rings. The average Bonchev–Trinajstić information content (AvgIpc) is 2.38. The Morgan fingerprint density at radius 2 is 2.00 bits per heavy atom. The number of rotatable bonds is 3. The van der Waals surface area contributed by atoms with Crippen LogP contribution in [-0.2, 0) is 0 Å². The summed E-state index contributed by atoms with van der Waals surface area (Å²) in [6.07, 6.45) is 1.65. The molecule has 1 aromatic carbocycles. The number of methoxy groups -OCH3 is 2. The molecule has 0 saturated carbocycles. The second-order valence-electron chi connectivity index (χ2n) is 3.41. The molecule has 0 aliphatic heterocycles. The van der Waals surface area contributed by atoms with Gasteiger partial charge in [-0.1, -0.05) is 12.1 Å². The van der Waals surface area contributed by atoms with Gasteiger partial charge in [-0.05, 0) is 17.7 Å². The number of nitrogen functional groups attached to an aromatic ring is 1. The molecule has 0 amide bonds. The molecule has 88 valence electrons. The maximum Gasteiger partial charge on any atom is 0.319 e. The van der Waals surface area contributed by atoms with Crippen molar-refractivity contribution in [2.24, 2.45) is 0 Å². The fraction of sp³-hybridized carbons (Fsp3) is 0.167. The number of anilines is 1. The first-order valence-electron chi connectivity index (χ1n) is 5.05. The van der Waals surface area contributed by atoms with Gasteiger partial charge in [-0.25, -0.2) is 4.98 Å². The Kier molecular flexibility index (Phi) is 3.09. The van der Waals surface area contributed by atoms with Crippen LogP contribution in [0.25, 0.3) is 11.1 Å². The Morgan fingerprint density at radius 1 is 1.18 bits per heavy atom. The normalized spacial score (nSPS) is 10.0. The lowest BCUT2D eigenvalue weighted by Gasteiger charge is -2.08. The number of benzene rings is 1. The summed E-state index contributed by atoms with van der Waals surface area (Å²) in [5.41, 5.74) is 8.10. The minimum Gasteiger partial charge on any atom is -0.480 e. The van der Waals surface area contributed by atoms with E-state index in [1.54, 1.807) is 13.3 Å². The molecular weight excluding hydrogens is 218 g/mol. The van der Waals surface area contributed by atoms with Gasteiger partial charge in [0.25, 0.3) is 0 Å². The molecular formula is C12H13N3O2. The fourth-order valence-corrected chi connectivity index (χ4v) is 1.51. The molecule has 0 spiro atoms. The van der Waals surface area contributed by atoms with E-state index in [1.165, 1.54) is 7.11 Å². The SMILES string of the molecule is COc1ncc(-c2cccc(N)c2)c(OC)n1. The zero-order valence-corrected chi connectivity index (χ0v) is 9.68. The first-order valence-corrected chi connectivity index (χ1v) is 5.05. The third kappa shape index (κ3) is 2.28. The zero-order valence-electron chi connectivity index (χ0n) is 9.68. The Bertz CT molecular complexity index is 529. The van der Waals surface area contributed by atoms with E-state index >= 15 is 0 Å². The molecule has 1 aromatic heterocycles. The Labute approximate surface area is 99.2 Å². The minimum atomic E-state index is 0.273. The van der Waals surface area contributed by atoms with Crippen LogP contribution in [0.2, 0.25) is 0 Å². The van der Waals surface area contributed by atoms with Gasteiger partial charge >= 0.3 is 6.01 Å². The van der Waals surface area contributed by atoms with Crippen LogP contribution in [0.5, 0.6) is 11.9 Å². The highest BCUT2D eigenvalue weighted by atomic mass is 16.5. The van der Waals surface area contributed by atoms with Crippen molar-refractivity contribution in [2.45, 2.75) is 0 Å². The predicted octanol–water partition coefficient (Wildman–Crippen LogP) is 1.74. The number of nitrogens with zero attached hydrogens (tertiary/aromatic N) is 2. The van der Waals surface area contributed by atoms with Crippen LogP contribution < -0.4 is 15.2 Å². The molecule has 2 N–H and O–H groups in total. The van der Waals surface area contributed by atoms with E-state index in [1.807, 2.05) is 24.3 Å². The molecule has 0 aliphatic carbocycles. The molecule has 0 radical (unpaired) electrons. The van der Waals surface area contributed by atoms with Crippen molar-refractivity contribution >= 4 is 5.69 Å². The summed E-state index contributed by atoms with van der Waals surface area (Å²) in [6.45, 7) is 0. The molecule has 0 bridgehead atoms. The van der Waals surface area contributed by atoms with E-state index in [-0.39, 0.29) is 6.01 Å². The van der Waals surface area contributed by atoms with Crippen molar-refractivity contribution in [1.29, 1.82) is 0 Å². The topological polar surface area (TPSA) is 70.3 Å². The van der Waals surface area contributed by atoms with Gasteiger partial charge in [0, 0.05) is 11.9 Å². The van der Waals surface area contributed by atoms with Gasteiger partial charge in [-0.3, -0.25) is 0 Å². The third-order valence-corrected chi connectivity index (χ3v) is 2.31. The smallest absolute Gasteiger partial charge is 0.319 e. The summed E-state index contributed by atoms with van der Waals surface area (Å²) in [5, 5.41) is 0. The summed E-state index contributed by atoms with van der Waals surface area (Å²) < 4.78 is 10.2. The van der Waals surface area contributed by atoms with Gasteiger partial charge in [0.15, 0.2) is 0 Å². The van der Waals surface area contributed by atoms with Crippen molar-refractivity contribution in [2.75, 3.05) is 20.0 Å². The van der Waals surface area contributed by atoms with E-state index in [4.69, 9.17) is 15.2 Å². The van der Waals surface area contributed by atoms with Crippen LogP contribution in [0.15, 0.2) is 30.5 Å². The highest BCUT2D eigenvalue weighted by molar-refractivity contribution is 5.70. The molecule has 0 unspecified atom stereocenters. The summed E-state index contributed by atoms with van der Waals surface area (Å²) in [5.74, 6) is 0.461. The van der Waals surface area contributed by atoms with E-state index in [2.05, 4.69) is 9.97 Å². The van der Waals surface area contributed by atoms with Gasteiger partial charge < -0.3 is 15.2 Å². The number of hydrogen-bond acceptors (Lipinski definition) is 5. The molecule has 0 aliphatic rings. The Morgan fingerprint density at radius 3 is 2.65 bits per heavy atom. The number of hydrogen-bond donors (Lipinski definition) is 1. The first-order chi connectivity index (χ1) is 8.24. The van der Waals surface area contributed by atoms with Crippen LogP contribution in [0.3, 0.4) is 0 Å². The molecule has 0 atom stereocenters. The van der Waals surface area contributed by atoms with Gasteiger partial charge in [-0.15, -0.1) is 0 Å². The molecule has 5 nitrogen and oxygen atoms in total. The second-order valence-corrected chi connectivity index (χ2v) is 3.41. The molecule has 0 saturated heterocycles. The van der Waals surface area contributed by atoms with Crippen molar-refractivity contribution in [1.82, 2.24) is 9.97 Å². The summed E-state index contributed by atoms with van der Waals surface area (Å²) >= 11 is 0. The third-order valence-electron chi connectivity index (χ3n) is 2.31. The average molecular weight is 231 g/mol. The van der Waals surface area contributed by atoms with Crippen LogP contribution in [0, 0.1) is 0 Å². The van der Waals surface area contributed by atoms with Crippen LogP contribution in [0.4, 0.5) is 5.69 Å². The van der Waals surface area contributed by atoms with E-state index in [0.29, 0.717) is 11.6 Å². The Hall–Kier alpha value is -2.30. The van der Waals surface area contributed by atoms with Crippen LogP contribution in [0.1, 0.15) is 0 Å². The van der Waals surface area contributed by atoms with E-state index in [0.717, 1.165) is 11.1 Å². The molecule has 5 heteroatoms. The minimum absolute atomic E-state index is 0.273. The molecule has 0 fully saturated rings. The number of nitrogens with two attached hydrogens (primary N) is 1. The Balaban J connectivity index is 2.51. The quantitative estimate of drug-likeness (QED) is 0.815. The van der Waals surface area contributed by atoms with Gasteiger partial charge in [0.2, 0.25) is 5.88 Å². The summed E-state index contributed by atoms with van der Waals surface area (Å²) in [6, 6.07) is 7.72. The van der Waals surface area contributed by atoms with Gasteiger partial charge in [-0.2, -0.15) is 4.98 Å². The number of ether oxygens (including phenoxy) is 2. The van der Waals surface area contributed by atoms with Crippen LogP contribution in [-0.4, -0.2) is 24.2 Å². The lowest BCUT2D eigenvalue weighted by molar-refractivity contribution is 0.353. The van der Waals surface area contributed by atoms with Gasteiger partial charge in [0.1, 0.15) is 0 Å². The van der Waals surface area contributed by atoms with Crippen LogP contribution >= 0.6 is 0 Å². The lowest BCUT2D eigenvalue weighted by Crippen LogP contribution is -1.97. The van der Waals surface area contributed by atoms with Crippen molar-refractivity contribution in [3.8, 4) is 23.0 Å². The van der Waals surface area contributed by atoms with Crippen molar-refractivity contribution in [3.05, 3.63) is 30.5 Å². The highest BCUT2D eigenvalue weighted by Crippen LogP contribution is 2.29. The molecule has 1 heterocycles. The predicted molar refractivity (Wildman–Crippen MR) is 65.0 cm³/mol. The molecule has 17 heavy (non-hydrogen) atoms. The maximum absolute atomic E-state index is 5.74. The lowest BCUT2D eigenvalue weighted by atomic mass is 10.1. The highest BCUT2D eigenvalue weighted by Gasteiger charge is 2.10. The van der Waals surface area contributed by atoms with E-state index < -0.39 is 0 Å². The second kappa shape index (κ2) is 4.69. The summed E-state index contributed by atoms with van der Waals surface area (Å²) in [7, 11) is 3.06. The van der Waals surface area contributed by atoms with Crippen molar-refractivity contribution in [3.63, 3.8) is 0 Å². The van der Waals surface area contributed by atoms with Crippen molar-refractivity contribution < 1.29 is 9.47 Å². The maximum atomic E-state index is 5.74. The monoisotopic (exact) mass is 231 g/mol. The first kappa shape index (κ1) is 11.2. The fourth-order valence-electron chi connectivity index (χ4n) is 1.51. The summed E-state index contributed by atoms with van der Waals surface area (Å²) in [4.78, 5) is 8.18.